The Hall–Kier alpha value is -1.97. The highest BCUT2D eigenvalue weighted by molar-refractivity contribution is 5.78. The van der Waals surface area contributed by atoms with Gasteiger partial charge in [0.05, 0.1) is 6.54 Å². The third-order valence-electron chi connectivity index (χ3n) is 3.05. The largest absolute Gasteiger partial charge is 0.370 e. The first-order valence-corrected chi connectivity index (χ1v) is 7.01. The lowest BCUT2D eigenvalue weighted by atomic mass is 10.1. The average Bonchev–Trinajstić information content (AvgIpc) is 2.89. The Labute approximate surface area is 121 Å². The van der Waals surface area contributed by atoms with Crippen molar-refractivity contribution in [2.75, 3.05) is 18.0 Å². The summed E-state index contributed by atoms with van der Waals surface area (Å²) < 4.78 is 0. The minimum absolute atomic E-state index is 0.0554. The van der Waals surface area contributed by atoms with Gasteiger partial charge in [-0.25, -0.2) is 4.99 Å². The Balaban J connectivity index is 1.92. The molecule has 4 heteroatoms. The molecule has 1 aromatic carbocycles. The number of aliphatic imine (C=N–C) groups is 1. The quantitative estimate of drug-likeness (QED) is 0.504. The molecule has 1 aliphatic rings. The molecule has 0 atom stereocenters. The lowest BCUT2D eigenvalue weighted by Crippen LogP contribution is -2.44. The van der Waals surface area contributed by atoms with Crippen LogP contribution in [0.1, 0.15) is 26.3 Å². The third kappa shape index (κ3) is 4.30. The molecule has 1 aliphatic heterocycles. The van der Waals surface area contributed by atoms with E-state index >= 15 is 0 Å². The molecule has 0 radical (unpaired) electrons. The summed E-state index contributed by atoms with van der Waals surface area (Å²) in [6, 6.07) is 8.51. The van der Waals surface area contributed by atoms with Gasteiger partial charge in [-0.15, -0.1) is 0 Å². The van der Waals surface area contributed by atoms with Gasteiger partial charge in [0, 0.05) is 24.3 Å². The van der Waals surface area contributed by atoms with E-state index in [4.69, 9.17) is 5.73 Å². The fraction of sp³-hybridized carbons (Fsp3) is 0.438. The number of hydrogen-bond acceptors (Lipinski definition) is 2. The van der Waals surface area contributed by atoms with E-state index in [2.05, 4.69) is 72.4 Å². The van der Waals surface area contributed by atoms with E-state index in [9.17, 15) is 0 Å². The zero-order chi connectivity index (χ0) is 14.6. The summed E-state index contributed by atoms with van der Waals surface area (Å²) in [5, 5.41) is 3.16. The first kappa shape index (κ1) is 14.4. The highest BCUT2D eigenvalue weighted by Gasteiger charge is 2.10. The highest BCUT2D eigenvalue weighted by atomic mass is 15.1. The SMILES string of the molecule is CC(C)(C)NC(N)=NCc1ccc(N2CC=CC2)cc1. The Morgan fingerprint density at radius 1 is 1.20 bits per heavy atom. The van der Waals surface area contributed by atoms with E-state index in [0.717, 1.165) is 13.1 Å². The van der Waals surface area contributed by atoms with Crippen molar-refractivity contribution in [3.63, 3.8) is 0 Å². The minimum atomic E-state index is -0.0554. The molecule has 0 unspecified atom stereocenters. The average molecular weight is 272 g/mol. The molecule has 1 aromatic rings. The highest BCUT2D eigenvalue weighted by Crippen LogP contribution is 2.17. The fourth-order valence-electron chi connectivity index (χ4n) is 2.10. The van der Waals surface area contributed by atoms with E-state index in [0.29, 0.717) is 12.5 Å². The number of nitrogens with zero attached hydrogens (tertiary/aromatic N) is 2. The van der Waals surface area contributed by atoms with Crippen molar-refractivity contribution in [1.29, 1.82) is 0 Å². The second-order valence-electron chi connectivity index (χ2n) is 6.12. The molecule has 0 aromatic heterocycles. The summed E-state index contributed by atoms with van der Waals surface area (Å²) in [7, 11) is 0. The maximum absolute atomic E-state index is 5.86. The van der Waals surface area contributed by atoms with Gasteiger partial charge < -0.3 is 16.0 Å². The van der Waals surface area contributed by atoms with Gasteiger partial charge in [-0.3, -0.25) is 0 Å². The Kier molecular flexibility index (Phi) is 4.32. The van der Waals surface area contributed by atoms with E-state index in [1.165, 1.54) is 11.3 Å². The van der Waals surface area contributed by atoms with Crippen molar-refractivity contribution in [2.45, 2.75) is 32.9 Å². The summed E-state index contributed by atoms with van der Waals surface area (Å²) in [4.78, 5) is 6.69. The number of rotatable bonds is 3. The first-order valence-electron chi connectivity index (χ1n) is 7.01. The lowest BCUT2D eigenvalue weighted by molar-refractivity contribution is 0.508. The predicted molar refractivity (Wildman–Crippen MR) is 86.0 cm³/mol. The molecule has 0 saturated heterocycles. The third-order valence-corrected chi connectivity index (χ3v) is 3.05. The van der Waals surface area contributed by atoms with Gasteiger partial charge >= 0.3 is 0 Å². The van der Waals surface area contributed by atoms with Crippen molar-refractivity contribution in [3.05, 3.63) is 42.0 Å². The second kappa shape index (κ2) is 5.99. The molecule has 108 valence electrons. The van der Waals surface area contributed by atoms with Crippen LogP contribution in [0.2, 0.25) is 0 Å². The molecule has 0 amide bonds. The summed E-state index contributed by atoms with van der Waals surface area (Å²) in [5.41, 5.74) is 8.22. The van der Waals surface area contributed by atoms with Crippen molar-refractivity contribution < 1.29 is 0 Å². The number of guanidine groups is 1. The molecular weight excluding hydrogens is 248 g/mol. The van der Waals surface area contributed by atoms with Crippen LogP contribution in [0.3, 0.4) is 0 Å². The topological polar surface area (TPSA) is 53.6 Å². The minimum Gasteiger partial charge on any atom is -0.370 e. The van der Waals surface area contributed by atoms with Crippen LogP contribution in [0.15, 0.2) is 41.4 Å². The number of hydrogen-bond donors (Lipinski definition) is 2. The molecule has 3 N–H and O–H groups in total. The van der Waals surface area contributed by atoms with Crippen LogP contribution in [-0.4, -0.2) is 24.6 Å². The van der Waals surface area contributed by atoms with Gasteiger partial charge in [-0.2, -0.15) is 0 Å². The first-order chi connectivity index (χ1) is 9.44. The van der Waals surface area contributed by atoms with Gasteiger partial charge in [0.1, 0.15) is 0 Å². The van der Waals surface area contributed by atoms with Gasteiger partial charge in [0.15, 0.2) is 5.96 Å². The monoisotopic (exact) mass is 272 g/mol. The van der Waals surface area contributed by atoms with Gasteiger partial charge in [0.2, 0.25) is 0 Å². The van der Waals surface area contributed by atoms with Gasteiger partial charge in [-0.05, 0) is 38.5 Å². The van der Waals surface area contributed by atoms with Crippen molar-refractivity contribution in [1.82, 2.24) is 5.32 Å². The van der Waals surface area contributed by atoms with E-state index in [1.807, 2.05) is 0 Å². The molecule has 0 spiro atoms. The van der Waals surface area contributed by atoms with Gasteiger partial charge in [-0.1, -0.05) is 24.3 Å². The Morgan fingerprint density at radius 2 is 1.80 bits per heavy atom. The smallest absolute Gasteiger partial charge is 0.189 e. The van der Waals surface area contributed by atoms with E-state index < -0.39 is 0 Å². The number of benzene rings is 1. The number of nitrogens with two attached hydrogens (primary N) is 1. The molecule has 0 bridgehead atoms. The van der Waals surface area contributed by atoms with E-state index in [1.54, 1.807) is 0 Å². The normalized spacial score (nSPS) is 15.8. The molecule has 1 heterocycles. The molecule has 0 fully saturated rings. The Bertz CT molecular complexity index is 486. The molecule has 4 nitrogen and oxygen atoms in total. The van der Waals surface area contributed by atoms with Crippen molar-refractivity contribution >= 4 is 11.6 Å². The van der Waals surface area contributed by atoms with Crippen LogP contribution in [0.25, 0.3) is 0 Å². The predicted octanol–water partition coefficient (Wildman–Crippen LogP) is 2.27. The summed E-state index contributed by atoms with van der Waals surface area (Å²) >= 11 is 0. The number of nitrogens with one attached hydrogen (secondary N) is 1. The van der Waals surface area contributed by atoms with Gasteiger partial charge in [0.25, 0.3) is 0 Å². The summed E-state index contributed by atoms with van der Waals surface area (Å²) in [6.45, 7) is 8.80. The van der Waals surface area contributed by atoms with Crippen LogP contribution in [0.4, 0.5) is 5.69 Å². The molecule has 0 aliphatic carbocycles. The zero-order valence-corrected chi connectivity index (χ0v) is 12.6. The molecule has 20 heavy (non-hydrogen) atoms. The summed E-state index contributed by atoms with van der Waals surface area (Å²) in [5.74, 6) is 0.491. The maximum atomic E-state index is 5.86. The second-order valence-corrected chi connectivity index (χ2v) is 6.12. The summed E-state index contributed by atoms with van der Waals surface area (Å²) in [6.07, 6.45) is 4.38. The lowest BCUT2D eigenvalue weighted by Gasteiger charge is -2.21. The van der Waals surface area contributed by atoms with Crippen LogP contribution in [0.5, 0.6) is 0 Å². The maximum Gasteiger partial charge on any atom is 0.189 e. The van der Waals surface area contributed by atoms with Crippen LogP contribution in [-0.2, 0) is 6.54 Å². The zero-order valence-electron chi connectivity index (χ0n) is 12.6. The van der Waals surface area contributed by atoms with Crippen LogP contribution >= 0.6 is 0 Å². The van der Waals surface area contributed by atoms with Crippen molar-refractivity contribution in [3.8, 4) is 0 Å². The van der Waals surface area contributed by atoms with Crippen LogP contribution < -0.4 is 16.0 Å². The molecule has 2 rings (SSSR count). The fourth-order valence-corrected chi connectivity index (χ4v) is 2.10. The standard InChI is InChI=1S/C16H24N4/c1-16(2,3)19-15(17)18-12-13-6-8-14(9-7-13)20-10-4-5-11-20/h4-9H,10-12H2,1-3H3,(H3,17,18,19). The molecule has 0 saturated carbocycles. The molecular formula is C16H24N4. The van der Waals surface area contributed by atoms with Crippen molar-refractivity contribution in [2.24, 2.45) is 10.7 Å². The number of anilines is 1. The Morgan fingerprint density at radius 3 is 2.35 bits per heavy atom. The van der Waals surface area contributed by atoms with E-state index in [-0.39, 0.29) is 5.54 Å². The van der Waals surface area contributed by atoms with Crippen LogP contribution in [0, 0.1) is 0 Å².